The van der Waals surface area contributed by atoms with E-state index >= 15 is 0 Å². The minimum atomic E-state index is -0.662. The largest absolute Gasteiger partial charge is 0.285 e. The molecule has 0 aliphatic carbocycles. The first kappa shape index (κ1) is 37.4. The number of halogens is 2. The Morgan fingerprint density at radius 3 is 0.740 bits per heavy atom. The minimum absolute atomic E-state index is 0.169. The Bertz CT molecular complexity index is 2000. The first-order valence-corrected chi connectivity index (χ1v) is 21.5. The quantitative estimate of drug-likeness (QED) is 0.0724. The van der Waals surface area contributed by atoms with Crippen molar-refractivity contribution >= 4 is 60.4 Å². The molecule has 0 heterocycles. The Balaban J connectivity index is 0.000000217. The molecule has 0 radical (unpaired) electrons. The molecule has 6 rings (SSSR count). The van der Waals surface area contributed by atoms with E-state index in [-0.39, 0.29) is 11.1 Å². The van der Waals surface area contributed by atoms with Crippen molar-refractivity contribution in [3.63, 3.8) is 0 Å². The standard InChI is InChI=1S/C22H14O4.C22H14.I2/c23-19(15-7-3-1-4-8-15)21(25)17-11-13-18(14-12-17)22(26)20(24)16-9-5-2-6-10-16;1-3-7-19(8-4-1)11-13-21-15-17-22(18-16-21)14-12-20-9-5-2-6-10-20;1-2/h1-14H;1-10,15-18H;. The number of hydrogen-bond donors (Lipinski definition) is 0. The van der Waals surface area contributed by atoms with Crippen molar-refractivity contribution in [2.75, 3.05) is 0 Å². The molecule has 0 aliphatic heterocycles. The number of benzene rings is 6. The maximum Gasteiger partial charge on any atom is 0.233 e. The first-order chi connectivity index (χ1) is 24.5. The van der Waals surface area contributed by atoms with Crippen LogP contribution in [-0.2, 0) is 0 Å². The predicted octanol–water partition coefficient (Wildman–Crippen LogP) is 10.1. The second-order valence-electron chi connectivity index (χ2n) is 10.4. The molecule has 6 aromatic rings. The summed E-state index contributed by atoms with van der Waals surface area (Å²) in [6, 6.07) is 50.0. The molecule has 50 heavy (non-hydrogen) atoms. The molecule has 4 nitrogen and oxygen atoms in total. The molecule has 6 heteroatoms. The van der Waals surface area contributed by atoms with Crippen LogP contribution in [0, 0.1) is 23.7 Å². The van der Waals surface area contributed by atoms with Crippen molar-refractivity contribution in [3.05, 3.63) is 214 Å². The maximum atomic E-state index is 12.3. The van der Waals surface area contributed by atoms with Gasteiger partial charge in [0.15, 0.2) is 0 Å². The average Bonchev–Trinajstić information content (AvgIpc) is 3.21. The highest BCUT2D eigenvalue weighted by Crippen LogP contribution is 2.13. The molecule has 0 bridgehead atoms. The summed E-state index contributed by atoms with van der Waals surface area (Å²) in [4.78, 5) is 48.9. The first-order valence-electron chi connectivity index (χ1n) is 15.2. The molecule has 0 fully saturated rings. The third-order valence-electron chi connectivity index (χ3n) is 7.03. The number of ketones is 4. The van der Waals surface area contributed by atoms with Crippen LogP contribution in [0.3, 0.4) is 0 Å². The number of carbonyl (C=O) groups is 4. The molecule has 0 aliphatic rings. The van der Waals surface area contributed by atoms with Crippen LogP contribution in [-0.4, -0.2) is 23.1 Å². The molecule has 0 amide bonds. The summed E-state index contributed by atoms with van der Waals surface area (Å²) in [5.74, 6) is 10.1. The van der Waals surface area contributed by atoms with Crippen LogP contribution in [0.4, 0.5) is 0 Å². The van der Waals surface area contributed by atoms with Crippen LogP contribution >= 0.6 is 37.2 Å². The third-order valence-corrected chi connectivity index (χ3v) is 7.03. The molecular weight excluding hydrogens is 846 g/mol. The summed E-state index contributed by atoms with van der Waals surface area (Å²) in [5, 5.41) is 0. The lowest BCUT2D eigenvalue weighted by Gasteiger charge is -2.03. The highest BCUT2D eigenvalue weighted by molar-refractivity contribution is 15.0. The van der Waals surface area contributed by atoms with Crippen molar-refractivity contribution in [1.29, 1.82) is 0 Å². The van der Waals surface area contributed by atoms with Gasteiger partial charge in [0, 0.05) is 81.7 Å². The summed E-state index contributed by atoms with van der Waals surface area (Å²) in [6.45, 7) is 0. The number of Topliss-reactive ketones (excluding diaryl/α,β-unsaturated/α-hetero) is 4. The van der Waals surface area contributed by atoms with Crippen molar-refractivity contribution in [3.8, 4) is 23.7 Å². The Hall–Kier alpha value is -5.42. The fourth-order valence-corrected chi connectivity index (χ4v) is 4.44. The van der Waals surface area contributed by atoms with Gasteiger partial charge in [0.1, 0.15) is 0 Å². The molecule has 0 unspecified atom stereocenters. The molecular formula is C44H28I2O4. The van der Waals surface area contributed by atoms with E-state index in [1.807, 2.05) is 84.9 Å². The highest BCUT2D eigenvalue weighted by atomic mass is 128. The van der Waals surface area contributed by atoms with Crippen LogP contribution in [0.5, 0.6) is 0 Å². The monoisotopic (exact) mass is 874 g/mol. The van der Waals surface area contributed by atoms with Crippen LogP contribution in [0.2, 0.25) is 0 Å². The molecule has 0 spiro atoms. The van der Waals surface area contributed by atoms with Gasteiger partial charge in [-0.2, -0.15) is 0 Å². The molecule has 0 atom stereocenters. The van der Waals surface area contributed by atoms with E-state index in [1.165, 1.54) is 24.3 Å². The molecule has 242 valence electrons. The second-order valence-corrected chi connectivity index (χ2v) is 10.4. The van der Waals surface area contributed by atoms with Crippen molar-refractivity contribution in [1.82, 2.24) is 0 Å². The van der Waals surface area contributed by atoms with Gasteiger partial charge in [-0.05, 0) is 48.5 Å². The van der Waals surface area contributed by atoms with Gasteiger partial charge in [-0.15, -0.1) is 0 Å². The molecule has 0 N–H and O–H groups in total. The number of hydrogen-bond acceptors (Lipinski definition) is 4. The van der Waals surface area contributed by atoms with E-state index < -0.39 is 23.1 Å². The third kappa shape index (κ3) is 11.3. The SMILES string of the molecule is C(#Cc1ccc(C#Cc2ccccc2)cc1)c1ccccc1.II.O=C(C(=O)c1ccc(C(=O)C(=O)c2ccccc2)cc1)c1ccccc1. The van der Waals surface area contributed by atoms with E-state index in [0.29, 0.717) is 11.1 Å². The van der Waals surface area contributed by atoms with Gasteiger partial charge in [-0.1, -0.05) is 145 Å². The van der Waals surface area contributed by atoms with Crippen LogP contribution in [0.25, 0.3) is 0 Å². The maximum absolute atomic E-state index is 12.3. The Morgan fingerprint density at radius 2 is 0.480 bits per heavy atom. The molecule has 6 aromatic carbocycles. The lowest BCUT2D eigenvalue weighted by molar-refractivity contribution is 0.0814. The summed E-state index contributed by atoms with van der Waals surface area (Å²) in [6.07, 6.45) is 0. The highest BCUT2D eigenvalue weighted by Gasteiger charge is 2.21. The van der Waals surface area contributed by atoms with E-state index in [1.54, 1.807) is 60.7 Å². The summed E-state index contributed by atoms with van der Waals surface area (Å²) >= 11 is 4.24. The van der Waals surface area contributed by atoms with Gasteiger partial charge in [-0.25, -0.2) is 0 Å². The van der Waals surface area contributed by atoms with Gasteiger partial charge in [0.2, 0.25) is 23.1 Å². The summed E-state index contributed by atoms with van der Waals surface area (Å²) in [7, 11) is 0. The summed E-state index contributed by atoms with van der Waals surface area (Å²) < 4.78 is 0. The fourth-order valence-electron chi connectivity index (χ4n) is 4.44. The van der Waals surface area contributed by atoms with Crippen LogP contribution in [0.1, 0.15) is 63.7 Å². The van der Waals surface area contributed by atoms with E-state index in [4.69, 9.17) is 0 Å². The Kier molecular flexibility index (Phi) is 15.1. The van der Waals surface area contributed by atoms with Gasteiger partial charge in [0.25, 0.3) is 0 Å². The Morgan fingerprint density at radius 1 is 0.280 bits per heavy atom. The van der Waals surface area contributed by atoms with E-state index in [2.05, 4.69) is 60.9 Å². The lowest BCUT2D eigenvalue weighted by Crippen LogP contribution is -2.16. The van der Waals surface area contributed by atoms with Crippen molar-refractivity contribution in [2.45, 2.75) is 0 Å². The zero-order valence-corrected chi connectivity index (χ0v) is 30.9. The van der Waals surface area contributed by atoms with Crippen LogP contribution in [0.15, 0.2) is 170 Å². The zero-order valence-electron chi connectivity index (χ0n) is 26.6. The van der Waals surface area contributed by atoms with Gasteiger partial charge >= 0.3 is 0 Å². The fraction of sp³-hybridized carbons (Fsp3) is 0. The summed E-state index contributed by atoms with van der Waals surface area (Å²) in [5.41, 5.74) is 4.98. The topological polar surface area (TPSA) is 68.3 Å². The molecule has 0 aromatic heterocycles. The van der Waals surface area contributed by atoms with Gasteiger partial charge in [0.05, 0.1) is 0 Å². The van der Waals surface area contributed by atoms with Crippen molar-refractivity contribution in [2.24, 2.45) is 0 Å². The van der Waals surface area contributed by atoms with Gasteiger partial charge in [-0.3, -0.25) is 19.2 Å². The molecule has 0 saturated carbocycles. The Labute approximate surface area is 315 Å². The van der Waals surface area contributed by atoms with Crippen molar-refractivity contribution < 1.29 is 19.2 Å². The smallest absolute Gasteiger partial charge is 0.233 e. The van der Waals surface area contributed by atoms with E-state index in [0.717, 1.165) is 22.3 Å². The average molecular weight is 875 g/mol. The second kappa shape index (κ2) is 20.2. The zero-order chi connectivity index (χ0) is 35.6. The van der Waals surface area contributed by atoms with E-state index in [9.17, 15) is 19.2 Å². The lowest BCUT2D eigenvalue weighted by atomic mass is 9.97. The predicted molar refractivity (Wildman–Crippen MR) is 216 cm³/mol. The number of rotatable bonds is 6. The minimum Gasteiger partial charge on any atom is -0.285 e. The van der Waals surface area contributed by atoms with Gasteiger partial charge < -0.3 is 0 Å². The van der Waals surface area contributed by atoms with Crippen LogP contribution < -0.4 is 0 Å². The molecule has 0 saturated heterocycles. The number of carbonyl (C=O) groups excluding carboxylic acids is 4. The normalized spacial score (nSPS) is 9.40.